The molecule has 0 saturated heterocycles. The quantitative estimate of drug-likeness (QED) is 0.792. The number of hydrogen-bond acceptors (Lipinski definition) is 2. The van der Waals surface area contributed by atoms with E-state index in [4.69, 9.17) is 0 Å². The van der Waals surface area contributed by atoms with Crippen LogP contribution in [0.15, 0.2) is 24.3 Å². The Morgan fingerprint density at radius 3 is 1.95 bits per heavy atom. The van der Waals surface area contributed by atoms with E-state index in [-0.39, 0.29) is 5.41 Å². The molecular weight excluding hydrogens is 235 g/mol. The molecule has 100 valence electrons. The summed E-state index contributed by atoms with van der Waals surface area (Å²) in [5, 5.41) is 19.3. The molecule has 2 N–H and O–H groups in total. The van der Waals surface area contributed by atoms with Gasteiger partial charge in [0.15, 0.2) is 0 Å². The lowest BCUT2D eigenvalue weighted by Gasteiger charge is -2.57. The van der Waals surface area contributed by atoms with Gasteiger partial charge in [0.05, 0.1) is 0 Å². The maximum absolute atomic E-state index is 9.66. The van der Waals surface area contributed by atoms with Crippen molar-refractivity contribution in [1.82, 2.24) is 0 Å². The van der Waals surface area contributed by atoms with Crippen molar-refractivity contribution in [2.24, 2.45) is 17.8 Å². The Bertz CT molecular complexity index is 462. The molecule has 0 heterocycles. The Labute approximate surface area is 115 Å². The first kappa shape index (κ1) is 12.0. The zero-order chi connectivity index (χ0) is 13.0. The normalized spacial score (nSPS) is 39.6. The minimum Gasteiger partial charge on any atom is -0.423 e. The standard InChI is InChI=1S/C16H21BO2/c18-17(19)15-4-2-1-3-14(15)16-8-11-5-12(9-16)7-13(6-11)10-16/h1-4,11-13,18-19H,5-10H2. The lowest BCUT2D eigenvalue weighted by molar-refractivity contribution is -0.00482. The highest BCUT2D eigenvalue weighted by atomic mass is 16.4. The molecular formula is C16H21BO2. The smallest absolute Gasteiger partial charge is 0.423 e. The Hall–Kier alpha value is -0.795. The van der Waals surface area contributed by atoms with Crippen LogP contribution in [-0.2, 0) is 5.41 Å². The fourth-order valence-electron chi connectivity index (χ4n) is 5.65. The van der Waals surface area contributed by atoms with Crippen LogP contribution in [0.3, 0.4) is 0 Å². The van der Waals surface area contributed by atoms with Crippen LogP contribution in [0.5, 0.6) is 0 Å². The molecule has 19 heavy (non-hydrogen) atoms. The second-order valence-corrected chi connectivity index (χ2v) is 7.16. The van der Waals surface area contributed by atoms with Crippen LogP contribution >= 0.6 is 0 Å². The van der Waals surface area contributed by atoms with Gasteiger partial charge in [-0.05, 0) is 72.7 Å². The van der Waals surface area contributed by atoms with E-state index >= 15 is 0 Å². The van der Waals surface area contributed by atoms with Crippen molar-refractivity contribution in [3.63, 3.8) is 0 Å². The Morgan fingerprint density at radius 2 is 1.42 bits per heavy atom. The van der Waals surface area contributed by atoms with Crippen LogP contribution in [0.1, 0.15) is 44.1 Å². The molecule has 2 nitrogen and oxygen atoms in total. The van der Waals surface area contributed by atoms with Crippen LogP contribution in [0.4, 0.5) is 0 Å². The molecule has 0 radical (unpaired) electrons. The lowest BCUT2D eigenvalue weighted by atomic mass is 9.46. The molecule has 1 aromatic carbocycles. The molecule has 0 atom stereocenters. The van der Waals surface area contributed by atoms with Gasteiger partial charge in [0.1, 0.15) is 0 Å². The van der Waals surface area contributed by atoms with Gasteiger partial charge in [0, 0.05) is 0 Å². The summed E-state index contributed by atoms with van der Waals surface area (Å²) >= 11 is 0. The minimum absolute atomic E-state index is 0.245. The Kier molecular flexibility index (Phi) is 2.58. The SMILES string of the molecule is OB(O)c1ccccc1C12CC3CC(CC(C3)C1)C2. The number of rotatable bonds is 2. The monoisotopic (exact) mass is 256 g/mol. The Balaban J connectivity index is 1.80. The topological polar surface area (TPSA) is 40.5 Å². The summed E-state index contributed by atoms with van der Waals surface area (Å²) in [6.07, 6.45) is 8.06. The van der Waals surface area contributed by atoms with Crippen LogP contribution in [0.25, 0.3) is 0 Å². The van der Waals surface area contributed by atoms with E-state index in [0.717, 1.165) is 23.2 Å². The molecule has 0 amide bonds. The summed E-state index contributed by atoms with van der Waals surface area (Å²) in [5.41, 5.74) is 2.21. The van der Waals surface area contributed by atoms with Gasteiger partial charge >= 0.3 is 7.12 Å². The van der Waals surface area contributed by atoms with Crippen molar-refractivity contribution >= 4 is 12.6 Å². The van der Waals surface area contributed by atoms with Gasteiger partial charge in [0.2, 0.25) is 0 Å². The third-order valence-corrected chi connectivity index (χ3v) is 5.85. The van der Waals surface area contributed by atoms with Crippen molar-refractivity contribution < 1.29 is 10.0 Å². The molecule has 4 saturated carbocycles. The highest BCUT2D eigenvalue weighted by Gasteiger charge is 2.52. The van der Waals surface area contributed by atoms with Crippen LogP contribution in [-0.4, -0.2) is 17.2 Å². The summed E-state index contributed by atoms with van der Waals surface area (Å²) in [6.45, 7) is 0. The van der Waals surface area contributed by atoms with E-state index in [2.05, 4.69) is 12.1 Å². The Morgan fingerprint density at radius 1 is 0.895 bits per heavy atom. The average Bonchev–Trinajstić information content (AvgIpc) is 2.37. The molecule has 0 spiro atoms. The predicted molar refractivity (Wildman–Crippen MR) is 76.1 cm³/mol. The van der Waals surface area contributed by atoms with E-state index < -0.39 is 7.12 Å². The number of hydrogen-bond donors (Lipinski definition) is 2. The summed E-state index contributed by atoms with van der Waals surface area (Å²) in [5.74, 6) is 2.65. The van der Waals surface area contributed by atoms with Gasteiger partial charge in [-0.1, -0.05) is 24.3 Å². The fraction of sp³-hybridized carbons (Fsp3) is 0.625. The maximum Gasteiger partial charge on any atom is 0.488 e. The first-order valence-corrected chi connectivity index (χ1v) is 7.62. The highest BCUT2D eigenvalue weighted by Crippen LogP contribution is 2.60. The lowest BCUT2D eigenvalue weighted by Crippen LogP contribution is -2.51. The third kappa shape index (κ3) is 1.79. The first-order valence-electron chi connectivity index (χ1n) is 7.62. The summed E-state index contributed by atoms with van der Waals surface area (Å²) < 4.78 is 0. The zero-order valence-corrected chi connectivity index (χ0v) is 11.3. The minimum atomic E-state index is -1.33. The highest BCUT2D eigenvalue weighted by molar-refractivity contribution is 6.59. The molecule has 4 aliphatic carbocycles. The van der Waals surface area contributed by atoms with Crippen molar-refractivity contribution in [2.75, 3.05) is 0 Å². The van der Waals surface area contributed by atoms with Gasteiger partial charge in [-0.15, -0.1) is 0 Å². The predicted octanol–water partition coefficient (Wildman–Crippen LogP) is 1.83. The van der Waals surface area contributed by atoms with E-state index in [1.54, 1.807) is 0 Å². The van der Waals surface area contributed by atoms with E-state index in [9.17, 15) is 10.0 Å². The first-order chi connectivity index (χ1) is 9.16. The van der Waals surface area contributed by atoms with Crippen molar-refractivity contribution in [3.8, 4) is 0 Å². The summed E-state index contributed by atoms with van der Waals surface area (Å²) in [4.78, 5) is 0. The molecule has 4 bridgehead atoms. The van der Waals surface area contributed by atoms with Crippen molar-refractivity contribution in [2.45, 2.75) is 43.9 Å². The molecule has 0 aliphatic heterocycles. The molecule has 0 aromatic heterocycles. The van der Waals surface area contributed by atoms with Gasteiger partial charge in [-0.3, -0.25) is 0 Å². The molecule has 0 unspecified atom stereocenters. The van der Waals surface area contributed by atoms with Gasteiger partial charge < -0.3 is 10.0 Å². The number of benzene rings is 1. The van der Waals surface area contributed by atoms with Crippen molar-refractivity contribution in [1.29, 1.82) is 0 Å². The van der Waals surface area contributed by atoms with Gasteiger partial charge in [0.25, 0.3) is 0 Å². The summed E-state index contributed by atoms with van der Waals surface area (Å²) in [6, 6.07) is 8.00. The van der Waals surface area contributed by atoms with Crippen molar-refractivity contribution in [3.05, 3.63) is 29.8 Å². The molecule has 4 fully saturated rings. The van der Waals surface area contributed by atoms with Gasteiger partial charge in [-0.25, -0.2) is 0 Å². The maximum atomic E-state index is 9.66. The second kappa shape index (κ2) is 4.10. The largest absolute Gasteiger partial charge is 0.488 e. The average molecular weight is 256 g/mol. The zero-order valence-electron chi connectivity index (χ0n) is 11.3. The summed E-state index contributed by atoms with van der Waals surface area (Å²) in [7, 11) is -1.33. The van der Waals surface area contributed by atoms with Gasteiger partial charge in [-0.2, -0.15) is 0 Å². The van der Waals surface area contributed by atoms with E-state index in [0.29, 0.717) is 0 Å². The fourth-order valence-corrected chi connectivity index (χ4v) is 5.65. The van der Waals surface area contributed by atoms with Crippen LogP contribution in [0.2, 0.25) is 0 Å². The van der Waals surface area contributed by atoms with Crippen LogP contribution in [0, 0.1) is 17.8 Å². The van der Waals surface area contributed by atoms with E-state index in [1.807, 2.05) is 12.1 Å². The molecule has 5 rings (SSSR count). The van der Waals surface area contributed by atoms with E-state index in [1.165, 1.54) is 44.1 Å². The van der Waals surface area contributed by atoms with Crippen LogP contribution < -0.4 is 5.46 Å². The molecule has 4 aliphatic rings. The molecule has 1 aromatic rings. The molecule has 3 heteroatoms. The second-order valence-electron chi connectivity index (χ2n) is 7.16. The third-order valence-electron chi connectivity index (χ3n) is 5.85.